The van der Waals surface area contributed by atoms with Crippen molar-refractivity contribution in [3.05, 3.63) is 0 Å². The molecule has 0 saturated carbocycles. The summed E-state index contributed by atoms with van der Waals surface area (Å²) in [6.45, 7) is 5.65. The third kappa shape index (κ3) is 28.8. The van der Waals surface area contributed by atoms with Gasteiger partial charge in [-0.3, -0.25) is 0 Å². The monoisotopic (exact) mass is 492 g/mol. The Morgan fingerprint density at radius 2 is 0.897 bits per heavy atom. The third-order valence-corrected chi connectivity index (χ3v) is 6.93. The van der Waals surface area contributed by atoms with E-state index in [9.17, 15) is 0 Å². The molecule has 0 aliphatic rings. The molecule has 0 aromatic rings. The third-order valence-electron chi connectivity index (χ3n) is 5.53. The number of hydrogen-bond acceptors (Lipinski definition) is 2. The van der Waals surface area contributed by atoms with Crippen LogP contribution in [-0.2, 0) is 17.1 Å². The molecule has 0 atom stereocenters. The van der Waals surface area contributed by atoms with Crippen LogP contribution in [0.5, 0.6) is 0 Å². The summed E-state index contributed by atoms with van der Waals surface area (Å²) in [5.74, 6) is 1.19. The first-order valence-electron chi connectivity index (χ1n) is 12.7. The van der Waals surface area contributed by atoms with Crippen LogP contribution in [0.2, 0.25) is 0 Å². The molecular formula is C25H51CuNS2. The standard InChI is InChI=1S/C25H51NS2.Cu/c1-3-5-7-9-11-13-15-17-19-21-23-26-25(27)28-24-22-20-18-16-14-12-10-8-6-4-2;/h3-24H2,1-2H3,(H,26,27);. The van der Waals surface area contributed by atoms with Gasteiger partial charge < -0.3 is 5.32 Å². The average Bonchev–Trinajstić information content (AvgIpc) is 2.70. The molecule has 0 rings (SSSR count). The van der Waals surface area contributed by atoms with Crippen molar-refractivity contribution in [1.29, 1.82) is 0 Å². The van der Waals surface area contributed by atoms with E-state index in [1.165, 1.54) is 134 Å². The van der Waals surface area contributed by atoms with Gasteiger partial charge in [-0.25, -0.2) is 0 Å². The normalized spacial score (nSPS) is 10.7. The fourth-order valence-corrected chi connectivity index (χ4v) is 4.70. The average molecular weight is 493 g/mol. The number of hydrogen-bond donors (Lipinski definition) is 1. The van der Waals surface area contributed by atoms with Crippen molar-refractivity contribution >= 4 is 28.3 Å². The van der Waals surface area contributed by atoms with Crippen molar-refractivity contribution in [2.75, 3.05) is 12.3 Å². The van der Waals surface area contributed by atoms with E-state index < -0.39 is 0 Å². The van der Waals surface area contributed by atoms with Crippen LogP contribution >= 0.6 is 24.0 Å². The van der Waals surface area contributed by atoms with E-state index in [1.807, 2.05) is 11.8 Å². The van der Waals surface area contributed by atoms with E-state index >= 15 is 0 Å². The molecule has 0 heterocycles. The topological polar surface area (TPSA) is 12.0 Å². The molecule has 0 fully saturated rings. The van der Waals surface area contributed by atoms with Crippen LogP contribution in [0, 0.1) is 0 Å². The number of unbranched alkanes of at least 4 members (excludes halogenated alkanes) is 18. The second-order valence-electron chi connectivity index (χ2n) is 8.43. The molecule has 0 aliphatic heterocycles. The molecular weight excluding hydrogens is 442 g/mol. The molecule has 0 aromatic heterocycles. The summed E-state index contributed by atoms with van der Waals surface area (Å²) in [6.07, 6.45) is 28.1. The minimum absolute atomic E-state index is 0. The van der Waals surface area contributed by atoms with Gasteiger partial charge in [0.2, 0.25) is 0 Å². The van der Waals surface area contributed by atoms with Gasteiger partial charge in [0, 0.05) is 29.4 Å². The van der Waals surface area contributed by atoms with E-state index in [2.05, 4.69) is 19.2 Å². The summed E-state index contributed by atoms with van der Waals surface area (Å²) in [5.41, 5.74) is 0. The Morgan fingerprint density at radius 3 is 1.31 bits per heavy atom. The molecule has 1 N–H and O–H groups in total. The summed E-state index contributed by atoms with van der Waals surface area (Å²) in [5, 5.41) is 3.44. The zero-order valence-electron chi connectivity index (χ0n) is 19.7. The van der Waals surface area contributed by atoms with Crippen LogP contribution in [0.3, 0.4) is 0 Å². The van der Waals surface area contributed by atoms with Crippen molar-refractivity contribution < 1.29 is 17.1 Å². The maximum Gasteiger partial charge on any atom is 0.133 e. The van der Waals surface area contributed by atoms with Crippen LogP contribution < -0.4 is 5.32 Å². The summed E-state index contributed by atoms with van der Waals surface area (Å²) in [6, 6.07) is 0. The Bertz CT molecular complexity index is 285. The Morgan fingerprint density at radius 1 is 0.552 bits per heavy atom. The Kier molecular flexibility index (Phi) is 31.7. The Labute approximate surface area is 204 Å². The molecule has 0 bridgehead atoms. The van der Waals surface area contributed by atoms with Crippen LogP contribution in [0.4, 0.5) is 0 Å². The predicted molar refractivity (Wildman–Crippen MR) is 137 cm³/mol. The number of rotatable bonds is 22. The summed E-state index contributed by atoms with van der Waals surface area (Å²) < 4.78 is 1.02. The zero-order chi connectivity index (χ0) is 20.5. The molecule has 0 amide bonds. The molecule has 0 aromatic carbocycles. The largest absolute Gasteiger partial charge is 0.371 e. The van der Waals surface area contributed by atoms with E-state index in [1.54, 1.807) is 0 Å². The van der Waals surface area contributed by atoms with Crippen molar-refractivity contribution in [1.82, 2.24) is 5.32 Å². The first kappa shape index (κ1) is 31.9. The molecule has 4 heteroatoms. The summed E-state index contributed by atoms with van der Waals surface area (Å²) >= 11 is 7.30. The SMILES string of the molecule is CCCCCCCCCCCCNC(=S)SCCCCCCCCCCCC.[Cu]. The van der Waals surface area contributed by atoms with E-state index in [-0.39, 0.29) is 17.1 Å². The van der Waals surface area contributed by atoms with E-state index in [4.69, 9.17) is 12.2 Å². The van der Waals surface area contributed by atoms with Crippen molar-refractivity contribution in [3.8, 4) is 0 Å². The van der Waals surface area contributed by atoms with Gasteiger partial charge in [-0.15, -0.1) is 0 Å². The first-order chi connectivity index (χ1) is 13.8. The fraction of sp³-hybridized carbons (Fsp3) is 0.960. The summed E-state index contributed by atoms with van der Waals surface area (Å²) in [7, 11) is 0. The molecule has 0 spiro atoms. The maximum absolute atomic E-state index is 5.45. The van der Waals surface area contributed by atoms with Gasteiger partial charge in [-0.05, 0) is 12.8 Å². The van der Waals surface area contributed by atoms with E-state index in [0.29, 0.717) is 0 Å². The Hall–Kier alpha value is 0.759. The molecule has 1 nitrogen and oxygen atoms in total. The molecule has 1 radical (unpaired) electrons. The zero-order valence-corrected chi connectivity index (χ0v) is 22.2. The minimum Gasteiger partial charge on any atom is -0.371 e. The van der Waals surface area contributed by atoms with Crippen LogP contribution in [-0.4, -0.2) is 16.6 Å². The maximum atomic E-state index is 5.45. The Balaban J connectivity index is 0. The van der Waals surface area contributed by atoms with Crippen molar-refractivity contribution in [2.24, 2.45) is 0 Å². The van der Waals surface area contributed by atoms with Gasteiger partial charge in [-0.2, -0.15) is 0 Å². The van der Waals surface area contributed by atoms with E-state index in [0.717, 1.165) is 10.9 Å². The summed E-state index contributed by atoms with van der Waals surface area (Å²) in [4.78, 5) is 0. The van der Waals surface area contributed by atoms with Crippen LogP contribution in [0.25, 0.3) is 0 Å². The van der Waals surface area contributed by atoms with Gasteiger partial charge in [0.05, 0.1) is 0 Å². The molecule has 179 valence electrons. The second-order valence-corrected chi connectivity index (χ2v) is 10.2. The van der Waals surface area contributed by atoms with Crippen LogP contribution in [0.15, 0.2) is 0 Å². The van der Waals surface area contributed by atoms with Crippen LogP contribution in [0.1, 0.15) is 142 Å². The molecule has 0 unspecified atom stereocenters. The van der Waals surface area contributed by atoms with Crippen molar-refractivity contribution in [3.63, 3.8) is 0 Å². The smallest absolute Gasteiger partial charge is 0.133 e. The minimum atomic E-state index is 0. The molecule has 0 saturated heterocycles. The van der Waals surface area contributed by atoms with Gasteiger partial charge in [0.15, 0.2) is 0 Å². The first-order valence-corrected chi connectivity index (χ1v) is 14.1. The van der Waals surface area contributed by atoms with Gasteiger partial charge >= 0.3 is 0 Å². The number of thioether (sulfide) groups is 1. The van der Waals surface area contributed by atoms with Gasteiger partial charge in [0.25, 0.3) is 0 Å². The number of nitrogens with one attached hydrogen (secondary N) is 1. The van der Waals surface area contributed by atoms with Gasteiger partial charge in [-0.1, -0.05) is 153 Å². The molecule has 29 heavy (non-hydrogen) atoms. The predicted octanol–water partition coefficient (Wildman–Crippen LogP) is 9.43. The quantitative estimate of drug-likeness (QED) is 0.0917. The fourth-order valence-electron chi connectivity index (χ4n) is 3.61. The van der Waals surface area contributed by atoms with Gasteiger partial charge in [0.1, 0.15) is 4.32 Å². The number of thiocarbonyl (C=S) groups is 1. The second kappa shape index (κ2) is 28.8. The van der Waals surface area contributed by atoms with Crippen molar-refractivity contribution in [2.45, 2.75) is 142 Å². The molecule has 0 aliphatic carbocycles.